The van der Waals surface area contributed by atoms with Crippen LogP contribution in [0, 0.1) is 0 Å². The van der Waals surface area contributed by atoms with Gasteiger partial charge in [-0.05, 0) is 54.7 Å². The van der Waals surface area contributed by atoms with Crippen LogP contribution in [0.1, 0.15) is 33.6 Å². The lowest BCUT2D eigenvalue weighted by Crippen LogP contribution is -2.16. The second-order valence-corrected chi connectivity index (χ2v) is 9.04. The van der Waals surface area contributed by atoms with Crippen molar-refractivity contribution >= 4 is 33.0 Å². The highest BCUT2D eigenvalue weighted by molar-refractivity contribution is 7.92. The fraction of sp³-hybridized carbons (Fsp3) is 0.200. The number of ether oxygens (including phenoxy) is 1. The van der Waals surface area contributed by atoms with E-state index in [9.17, 15) is 18.3 Å². The Morgan fingerprint density at radius 1 is 1.24 bits per heavy atom. The summed E-state index contributed by atoms with van der Waals surface area (Å²) >= 11 is 1.47. The number of sulfonamides is 1. The molecule has 0 unspecified atom stereocenters. The SMILES string of the molecule is O=C(O)c1cc2c(c(S(=O)(=O)Nc3cccc(OCc4cscn4)c3)c1)CCC2. The van der Waals surface area contributed by atoms with E-state index < -0.39 is 16.0 Å². The number of carboxylic acid groups (broad SMARTS) is 1. The highest BCUT2D eigenvalue weighted by Gasteiger charge is 2.26. The van der Waals surface area contributed by atoms with Crippen molar-refractivity contribution in [2.75, 3.05) is 4.72 Å². The quantitative estimate of drug-likeness (QED) is 0.592. The number of aromatic nitrogens is 1. The normalized spacial score (nSPS) is 13.1. The molecule has 0 aliphatic heterocycles. The summed E-state index contributed by atoms with van der Waals surface area (Å²) in [6.45, 7) is 0.286. The average Bonchev–Trinajstić information content (AvgIpc) is 3.37. The van der Waals surface area contributed by atoms with Crippen molar-refractivity contribution in [1.82, 2.24) is 4.98 Å². The molecule has 0 spiro atoms. The number of thiazole rings is 1. The van der Waals surface area contributed by atoms with Crippen LogP contribution < -0.4 is 9.46 Å². The Morgan fingerprint density at radius 2 is 2.10 bits per heavy atom. The summed E-state index contributed by atoms with van der Waals surface area (Å²) in [4.78, 5) is 15.6. The summed E-state index contributed by atoms with van der Waals surface area (Å²) in [5.74, 6) is -0.642. The van der Waals surface area contributed by atoms with Gasteiger partial charge < -0.3 is 9.84 Å². The zero-order valence-corrected chi connectivity index (χ0v) is 16.9. The van der Waals surface area contributed by atoms with Gasteiger partial charge >= 0.3 is 5.97 Å². The molecule has 4 rings (SSSR count). The number of aromatic carboxylic acids is 1. The number of hydrogen-bond donors (Lipinski definition) is 2. The van der Waals surface area contributed by atoms with Crippen LogP contribution in [0.4, 0.5) is 5.69 Å². The number of fused-ring (bicyclic) bond motifs is 1. The number of hydrogen-bond acceptors (Lipinski definition) is 6. The van der Waals surface area contributed by atoms with Crippen LogP contribution in [0.25, 0.3) is 0 Å². The maximum absolute atomic E-state index is 13.0. The molecule has 0 fully saturated rings. The first-order chi connectivity index (χ1) is 13.9. The second kappa shape index (κ2) is 7.84. The molecular weight excluding hydrogens is 412 g/mol. The Hall–Kier alpha value is -2.91. The Labute approximate surface area is 172 Å². The summed E-state index contributed by atoms with van der Waals surface area (Å²) in [6.07, 6.45) is 2.10. The van der Waals surface area contributed by atoms with Gasteiger partial charge in [0.1, 0.15) is 12.4 Å². The Morgan fingerprint density at radius 3 is 2.86 bits per heavy atom. The van der Waals surface area contributed by atoms with Crippen LogP contribution in [0.3, 0.4) is 0 Å². The standard InChI is InChI=1S/C20H18N2O5S2/c23-20(24)14-7-13-3-1-6-18(13)19(8-14)29(25,26)22-15-4-2-5-17(9-15)27-10-16-11-28-12-21-16/h2,4-5,7-9,11-12,22H,1,3,6,10H2,(H,23,24). The molecule has 2 N–H and O–H groups in total. The van der Waals surface area contributed by atoms with Gasteiger partial charge in [-0.15, -0.1) is 11.3 Å². The van der Waals surface area contributed by atoms with E-state index in [0.29, 0.717) is 29.8 Å². The molecule has 9 heteroatoms. The van der Waals surface area contributed by atoms with E-state index >= 15 is 0 Å². The molecule has 1 aliphatic rings. The second-order valence-electron chi connectivity index (χ2n) is 6.67. The van der Waals surface area contributed by atoms with Gasteiger partial charge in [0.2, 0.25) is 0 Å². The van der Waals surface area contributed by atoms with E-state index in [-0.39, 0.29) is 17.1 Å². The van der Waals surface area contributed by atoms with E-state index in [4.69, 9.17) is 4.74 Å². The molecule has 1 heterocycles. The number of nitrogens with one attached hydrogen (secondary N) is 1. The first-order valence-corrected chi connectivity index (χ1v) is 11.4. The number of nitrogens with zero attached hydrogens (tertiary/aromatic N) is 1. The predicted octanol–water partition coefficient (Wildman–Crippen LogP) is 3.71. The topological polar surface area (TPSA) is 106 Å². The van der Waals surface area contributed by atoms with Crippen molar-refractivity contribution in [3.05, 3.63) is 69.7 Å². The van der Waals surface area contributed by atoms with Gasteiger partial charge in [0, 0.05) is 11.4 Å². The van der Waals surface area contributed by atoms with E-state index in [2.05, 4.69) is 9.71 Å². The molecule has 0 saturated carbocycles. The first kappa shape index (κ1) is 19.4. The molecular formula is C20H18N2O5S2. The highest BCUT2D eigenvalue weighted by atomic mass is 32.2. The van der Waals surface area contributed by atoms with E-state index in [0.717, 1.165) is 17.7 Å². The van der Waals surface area contributed by atoms with Gasteiger partial charge in [-0.3, -0.25) is 4.72 Å². The molecule has 7 nitrogen and oxygen atoms in total. The van der Waals surface area contributed by atoms with E-state index in [1.165, 1.54) is 17.4 Å². The van der Waals surface area contributed by atoms with Crippen molar-refractivity contribution in [3.63, 3.8) is 0 Å². The van der Waals surface area contributed by atoms with Gasteiger partial charge in [-0.1, -0.05) is 6.07 Å². The molecule has 1 aromatic heterocycles. The van der Waals surface area contributed by atoms with Gasteiger partial charge in [0.25, 0.3) is 10.0 Å². The Kier molecular flexibility index (Phi) is 5.25. The van der Waals surface area contributed by atoms with Crippen molar-refractivity contribution < 1.29 is 23.1 Å². The lowest BCUT2D eigenvalue weighted by molar-refractivity contribution is 0.0696. The molecule has 2 aromatic carbocycles. The number of benzene rings is 2. The van der Waals surface area contributed by atoms with Crippen LogP contribution in [0.5, 0.6) is 5.75 Å². The van der Waals surface area contributed by atoms with Crippen molar-refractivity contribution in [1.29, 1.82) is 0 Å². The Bertz CT molecular complexity index is 1160. The third kappa shape index (κ3) is 4.25. The molecule has 0 saturated heterocycles. The van der Waals surface area contributed by atoms with Gasteiger partial charge in [0.15, 0.2) is 0 Å². The molecule has 0 atom stereocenters. The fourth-order valence-electron chi connectivity index (χ4n) is 3.35. The molecule has 0 amide bonds. The molecule has 3 aromatic rings. The number of carbonyl (C=O) groups is 1. The molecule has 1 aliphatic carbocycles. The lowest BCUT2D eigenvalue weighted by atomic mass is 10.1. The number of carboxylic acids is 1. The van der Waals surface area contributed by atoms with Gasteiger partial charge in [-0.2, -0.15) is 0 Å². The smallest absolute Gasteiger partial charge is 0.335 e. The van der Waals surface area contributed by atoms with Gasteiger partial charge in [0.05, 0.1) is 27.4 Å². The van der Waals surface area contributed by atoms with Crippen LogP contribution >= 0.6 is 11.3 Å². The largest absolute Gasteiger partial charge is 0.487 e. The van der Waals surface area contributed by atoms with E-state index in [1.54, 1.807) is 35.8 Å². The monoisotopic (exact) mass is 430 g/mol. The summed E-state index contributed by atoms with van der Waals surface area (Å²) in [5, 5.41) is 11.2. The van der Waals surface area contributed by atoms with Crippen molar-refractivity contribution in [2.24, 2.45) is 0 Å². The average molecular weight is 431 g/mol. The summed E-state index contributed by atoms with van der Waals surface area (Å²) in [6, 6.07) is 9.42. The minimum Gasteiger partial charge on any atom is -0.487 e. The summed E-state index contributed by atoms with van der Waals surface area (Å²) in [5.41, 5.74) is 4.30. The van der Waals surface area contributed by atoms with Crippen LogP contribution in [0.15, 0.2) is 52.2 Å². The van der Waals surface area contributed by atoms with Crippen LogP contribution in [-0.2, 0) is 29.5 Å². The Balaban J connectivity index is 1.59. The number of anilines is 1. The zero-order chi connectivity index (χ0) is 20.4. The number of rotatable bonds is 7. The van der Waals surface area contributed by atoms with Crippen LogP contribution in [-0.4, -0.2) is 24.5 Å². The third-order valence-electron chi connectivity index (χ3n) is 4.67. The minimum absolute atomic E-state index is 0.0219. The zero-order valence-electron chi connectivity index (χ0n) is 15.3. The maximum atomic E-state index is 13.0. The fourth-order valence-corrected chi connectivity index (χ4v) is 5.28. The van der Waals surface area contributed by atoms with Gasteiger partial charge in [-0.25, -0.2) is 18.2 Å². The highest BCUT2D eigenvalue weighted by Crippen LogP contribution is 2.31. The molecule has 29 heavy (non-hydrogen) atoms. The van der Waals surface area contributed by atoms with Crippen molar-refractivity contribution in [3.8, 4) is 5.75 Å². The van der Waals surface area contributed by atoms with Crippen molar-refractivity contribution in [2.45, 2.75) is 30.8 Å². The third-order valence-corrected chi connectivity index (χ3v) is 6.75. The predicted molar refractivity (Wildman–Crippen MR) is 109 cm³/mol. The maximum Gasteiger partial charge on any atom is 0.335 e. The minimum atomic E-state index is -3.95. The van der Waals surface area contributed by atoms with E-state index in [1.807, 2.05) is 5.38 Å². The lowest BCUT2D eigenvalue weighted by Gasteiger charge is -2.14. The molecule has 0 radical (unpaired) electrons. The molecule has 0 bridgehead atoms. The first-order valence-electron chi connectivity index (χ1n) is 8.94. The van der Waals surface area contributed by atoms with Crippen LogP contribution in [0.2, 0.25) is 0 Å². The summed E-state index contributed by atoms with van der Waals surface area (Å²) < 4.78 is 34.3. The summed E-state index contributed by atoms with van der Waals surface area (Å²) in [7, 11) is -3.95. The molecule has 150 valence electrons. The number of aryl methyl sites for hydroxylation is 1.